The summed E-state index contributed by atoms with van der Waals surface area (Å²) < 4.78 is 4.74. The molecule has 0 unspecified atom stereocenters. The van der Waals surface area contributed by atoms with Crippen LogP contribution in [0.4, 0.5) is 0 Å². The number of hydrogen-bond donors (Lipinski definition) is 1. The van der Waals surface area contributed by atoms with Crippen molar-refractivity contribution in [3.05, 3.63) is 72.1 Å². The number of carbonyl (C=O) groups is 2. The number of pyridine rings is 1. The van der Waals surface area contributed by atoms with Crippen molar-refractivity contribution < 1.29 is 14.3 Å². The van der Waals surface area contributed by atoms with Gasteiger partial charge < -0.3 is 10.1 Å². The fourth-order valence-corrected chi connectivity index (χ4v) is 1.99. The van der Waals surface area contributed by atoms with Crippen LogP contribution in [0.15, 0.2) is 60.8 Å². The molecule has 1 amide bonds. The second-order valence-corrected chi connectivity index (χ2v) is 4.81. The zero-order valence-corrected chi connectivity index (χ0v) is 12.8. The number of methoxy groups -OCH3 is 1. The summed E-state index contributed by atoms with van der Waals surface area (Å²) in [4.78, 5) is 27.9. The van der Waals surface area contributed by atoms with Gasteiger partial charge in [0.1, 0.15) is 11.7 Å². The molecule has 5 nitrogen and oxygen atoms in total. The fraction of sp³-hybridized carbons (Fsp3) is 0.167. The number of esters is 1. The van der Waals surface area contributed by atoms with E-state index in [1.165, 1.54) is 13.3 Å². The first-order valence-electron chi connectivity index (χ1n) is 7.22. The molecule has 0 saturated heterocycles. The number of carbonyl (C=O) groups excluding carboxylic acids is 2. The predicted octanol–water partition coefficient (Wildman–Crippen LogP) is 2.46. The van der Waals surface area contributed by atoms with Gasteiger partial charge in [-0.2, -0.15) is 0 Å². The maximum absolute atomic E-state index is 12.1. The lowest BCUT2D eigenvalue weighted by Crippen LogP contribution is -2.41. The molecule has 2 rings (SSSR count). The maximum Gasteiger partial charge on any atom is 0.328 e. The van der Waals surface area contributed by atoms with E-state index < -0.39 is 17.9 Å². The standard InChI is InChI=1S/C18H18N2O3/c1-23-18(22)16(12-7-10-14-8-3-2-4-9-14)20-17(21)15-11-5-6-13-19-15/h2-11,13,16H,12H2,1H3,(H,20,21)/b10-7+/t16-/m1/s1. The number of amides is 1. The molecule has 2 aromatic rings. The normalized spacial score (nSPS) is 11.9. The van der Waals surface area contributed by atoms with Gasteiger partial charge in [-0.1, -0.05) is 48.6 Å². The van der Waals surface area contributed by atoms with Gasteiger partial charge in [-0.15, -0.1) is 0 Å². The Morgan fingerprint density at radius 2 is 1.91 bits per heavy atom. The van der Waals surface area contributed by atoms with Crippen molar-refractivity contribution in [1.82, 2.24) is 10.3 Å². The topological polar surface area (TPSA) is 68.3 Å². The summed E-state index contributed by atoms with van der Waals surface area (Å²) in [6, 6.07) is 14.0. The number of aromatic nitrogens is 1. The smallest absolute Gasteiger partial charge is 0.328 e. The van der Waals surface area contributed by atoms with Gasteiger partial charge in [0, 0.05) is 6.20 Å². The molecular weight excluding hydrogens is 292 g/mol. The van der Waals surface area contributed by atoms with Crippen LogP contribution in [0.2, 0.25) is 0 Å². The molecule has 0 bridgehead atoms. The Balaban J connectivity index is 2.01. The summed E-state index contributed by atoms with van der Waals surface area (Å²) in [5, 5.41) is 2.64. The van der Waals surface area contributed by atoms with Crippen LogP contribution in [0.1, 0.15) is 22.5 Å². The Kier molecular flexibility index (Phi) is 6.06. The summed E-state index contributed by atoms with van der Waals surface area (Å²) in [6.45, 7) is 0. The molecule has 1 atom stereocenters. The zero-order chi connectivity index (χ0) is 16.5. The Morgan fingerprint density at radius 3 is 2.57 bits per heavy atom. The van der Waals surface area contributed by atoms with Crippen molar-refractivity contribution in [2.45, 2.75) is 12.5 Å². The number of nitrogens with one attached hydrogen (secondary N) is 1. The van der Waals surface area contributed by atoms with E-state index in [4.69, 9.17) is 4.74 Å². The van der Waals surface area contributed by atoms with Gasteiger partial charge in [-0.3, -0.25) is 9.78 Å². The molecule has 0 radical (unpaired) electrons. The van der Waals surface area contributed by atoms with Gasteiger partial charge in [0.25, 0.3) is 5.91 Å². The molecule has 1 aromatic heterocycles. The molecule has 5 heteroatoms. The molecule has 0 spiro atoms. The van der Waals surface area contributed by atoms with Crippen molar-refractivity contribution in [3.8, 4) is 0 Å². The second kappa shape index (κ2) is 8.48. The van der Waals surface area contributed by atoms with E-state index in [9.17, 15) is 9.59 Å². The molecule has 0 aliphatic carbocycles. The molecule has 0 aliphatic rings. The quantitative estimate of drug-likeness (QED) is 0.832. The molecule has 1 aromatic carbocycles. The van der Waals surface area contributed by atoms with Crippen LogP contribution in [0.5, 0.6) is 0 Å². The highest BCUT2D eigenvalue weighted by Crippen LogP contribution is 2.05. The van der Waals surface area contributed by atoms with Crippen molar-refractivity contribution >= 4 is 18.0 Å². The van der Waals surface area contributed by atoms with Crippen LogP contribution in [-0.4, -0.2) is 30.0 Å². The average Bonchev–Trinajstić information content (AvgIpc) is 2.61. The second-order valence-electron chi connectivity index (χ2n) is 4.81. The van der Waals surface area contributed by atoms with Crippen molar-refractivity contribution in [1.29, 1.82) is 0 Å². The summed E-state index contributed by atoms with van der Waals surface area (Å²) >= 11 is 0. The summed E-state index contributed by atoms with van der Waals surface area (Å²) in [5.41, 5.74) is 1.28. The molecule has 0 saturated carbocycles. The molecule has 1 N–H and O–H groups in total. The van der Waals surface area contributed by atoms with Gasteiger partial charge in [-0.05, 0) is 24.1 Å². The first kappa shape index (κ1) is 16.4. The molecule has 1 heterocycles. The molecular formula is C18H18N2O3. The highest BCUT2D eigenvalue weighted by atomic mass is 16.5. The van der Waals surface area contributed by atoms with E-state index >= 15 is 0 Å². The number of rotatable bonds is 6. The minimum Gasteiger partial charge on any atom is -0.467 e. The number of nitrogens with zero attached hydrogens (tertiary/aromatic N) is 1. The van der Waals surface area contributed by atoms with Crippen LogP contribution in [-0.2, 0) is 9.53 Å². The third kappa shape index (κ3) is 5.07. The van der Waals surface area contributed by atoms with Crippen LogP contribution >= 0.6 is 0 Å². The molecule has 23 heavy (non-hydrogen) atoms. The Bertz CT molecular complexity index is 669. The van der Waals surface area contributed by atoms with Gasteiger partial charge in [0.2, 0.25) is 0 Å². The molecule has 0 fully saturated rings. The van der Waals surface area contributed by atoms with Crippen LogP contribution in [0.3, 0.4) is 0 Å². The maximum atomic E-state index is 12.1. The predicted molar refractivity (Wildman–Crippen MR) is 87.6 cm³/mol. The first-order chi connectivity index (χ1) is 11.2. The summed E-state index contributed by atoms with van der Waals surface area (Å²) in [7, 11) is 1.29. The summed E-state index contributed by atoms with van der Waals surface area (Å²) in [6.07, 6.45) is 5.58. The fourth-order valence-electron chi connectivity index (χ4n) is 1.99. The van der Waals surface area contributed by atoms with Crippen LogP contribution < -0.4 is 5.32 Å². The molecule has 118 valence electrons. The lowest BCUT2D eigenvalue weighted by molar-refractivity contribution is -0.142. The monoisotopic (exact) mass is 310 g/mol. The van der Waals surface area contributed by atoms with Gasteiger partial charge >= 0.3 is 5.97 Å². The zero-order valence-electron chi connectivity index (χ0n) is 12.8. The Morgan fingerprint density at radius 1 is 1.17 bits per heavy atom. The largest absolute Gasteiger partial charge is 0.467 e. The van der Waals surface area contributed by atoms with Crippen molar-refractivity contribution in [3.63, 3.8) is 0 Å². The van der Waals surface area contributed by atoms with Gasteiger partial charge in [0.15, 0.2) is 0 Å². The van der Waals surface area contributed by atoms with E-state index in [-0.39, 0.29) is 5.69 Å². The number of benzene rings is 1. The minimum absolute atomic E-state index is 0.258. The van der Waals surface area contributed by atoms with E-state index in [1.807, 2.05) is 42.5 Å². The number of ether oxygens (including phenoxy) is 1. The van der Waals surface area contributed by atoms with E-state index in [0.29, 0.717) is 6.42 Å². The number of hydrogen-bond acceptors (Lipinski definition) is 4. The SMILES string of the molecule is COC(=O)[C@@H](C/C=C/c1ccccc1)NC(=O)c1ccccn1. The lowest BCUT2D eigenvalue weighted by atomic mass is 10.1. The Labute approximate surface area is 135 Å². The van der Waals surface area contributed by atoms with E-state index in [2.05, 4.69) is 10.3 Å². The highest BCUT2D eigenvalue weighted by Gasteiger charge is 2.21. The highest BCUT2D eigenvalue weighted by molar-refractivity contribution is 5.95. The summed E-state index contributed by atoms with van der Waals surface area (Å²) in [5.74, 6) is -0.902. The van der Waals surface area contributed by atoms with Gasteiger partial charge in [0.05, 0.1) is 7.11 Å². The third-order valence-electron chi connectivity index (χ3n) is 3.17. The minimum atomic E-state index is -0.755. The third-order valence-corrected chi connectivity index (χ3v) is 3.17. The van der Waals surface area contributed by atoms with Crippen molar-refractivity contribution in [2.75, 3.05) is 7.11 Å². The first-order valence-corrected chi connectivity index (χ1v) is 7.22. The van der Waals surface area contributed by atoms with E-state index in [0.717, 1.165) is 5.56 Å². The van der Waals surface area contributed by atoms with E-state index in [1.54, 1.807) is 18.2 Å². The lowest BCUT2D eigenvalue weighted by Gasteiger charge is -2.14. The van der Waals surface area contributed by atoms with Gasteiger partial charge in [-0.25, -0.2) is 4.79 Å². The molecule has 0 aliphatic heterocycles. The van der Waals surface area contributed by atoms with Crippen molar-refractivity contribution in [2.24, 2.45) is 0 Å². The van der Waals surface area contributed by atoms with Crippen LogP contribution in [0, 0.1) is 0 Å². The van der Waals surface area contributed by atoms with Crippen LogP contribution in [0.25, 0.3) is 6.08 Å². The Hall–Kier alpha value is -2.95. The average molecular weight is 310 g/mol.